The van der Waals surface area contributed by atoms with Gasteiger partial charge in [-0.2, -0.15) is 0 Å². The van der Waals surface area contributed by atoms with Gasteiger partial charge in [0.25, 0.3) is 0 Å². The van der Waals surface area contributed by atoms with E-state index in [1.165, 1.54) is 19.3 Å². The highest BCUT2D eigenvalue weighted by Crippen LogP contribution is 2.69. The molecule has 0 aromatic heterocycles. The average molecular weight is 314 g/mol. The molecule has 18 heavy (non-hydrogen) atoms. The van der Waals surface area contributed by atoms with E-state index >= 15 is 0 Å². The summed E-state index contributed by atoms with van der Waals surface area (Å²) in [4.78, 5) is 14.7. The number of carbonyl (C=O) groups is 1. The van der Waals surface area contributed by atoms with E-state index in [2.05, 4.69) is 20.8 Å². The molecule has 4 aliphatic rings. The van der Waals surface area contributed by atoms with E-state index in [0.29, 0.717) is 18.4 Å². The predicted octanol–water partition coefficient (Wildman–Crippen LogP) is 1.90. The number of alkyl halides is 1. The summed E-state index contributed by atoms with van der Waals surface area (Å²) in [6.45, 7) is 2.29. The molecule has 0 aromatic rings. The van der Waals surface area contributed by atoms with Gasteiger partial charge in [0.05, 0.1) is 12.7 Å². The summed E-state index contributed by atoms with van der Waals surface area (Å²) in [5.41, 5.74) is 0. The normalized spacial score (nSPS) is 49.3. The Bertz CT molecular complexity index is 359. The van der Waals surface area contributed by atoms with Crippen molar-refractivity contribution in [3.63, 3.8) is 0 Å². The number of halogens is 1. The second kappa shape index (κ2) is 4.20. The Hall–Kier alpha value is -0.0900. The van der Waals surface area contributed by atoms with E-state index in [4.69, 9.17) is 4.74 Å². The molecule has 2 bridgehead atoms. The number of rotatable bonds is 2. The molecule has 3 nitrogen and oxygen atoms in total. The molecule has 1 saturated heterocycles. The van der Waals surface area contributed by atoms with Crippen LogP contribution >= 0.6 is 15.9 Å². The number of carbonyl (C=O) groups excluding carboxylic acids is 1. The summed E-state index contributed by atoms with van der Waals surface area (Å²) in [5.74, 6) is 4.15. The molecule has 4 rings (SSSR count). The minimum atomic E-state index is 0.193. The molecule has 4 fully saturated rings. The van der Waals surface area contributed by atoms with Crippen LogP contribution in [0.4, 0.5) is 0 Å². The van der Waals surface area contributed by atoms with E-state index in [0.717, 1.165) is 42.1 Å². The third kappa shape index (κ3) is 1.61. The lowest BCUT2D eigenvalue weighted by Crippen LogP contribution is -2.47. The molecule has 0 radical (unpaired) electrons. The number of amides is 1. The van der Waals surface area contributed by atoms with Crippen LogP contribution in [0.1, 0.15) is 19.3 Å². The smallest absolute Gasteiger partial charge is 0.226 e. The predicted molar refractivity (Wildman–Crippen MR) is 71.4 cm³/mol. The Morgan fingerprint density at radius 3 is 2.67 bits per heavy atom. The number of ether oxygens (including phenoxy) is 1. The summed E-state index contributed by atoms with van der Waals surface area (Å²) in [5, 5.41) is 0.833. The van der Waals surface area contributed by atoms with Crippen LogP contribution in [0, 0.1) is 29.6 Å². The first-order valence-corrected chi connectivity index (χ1v) is 8.38. The SMILES string of the molecule is O=C(C1C2C3CCC(C3)C12)N1CCOC(CBr)C1. The van der Waals surface area contributed by atoms with Crippen LogP contribution in [0.25, 0.3) is 0 Å². The van der Waals surface area contributed by atoms with Crippen molar-refractivity contribution < 1.29 is 9.53 Å². The molecule has 5 unspecified atom stereocenters. The Morgan fingerprint density at radius 2 is 2.00 bits per heavy atom. The zero-order valence-corrected chi connectivity index (χ0v) is 12.1. The van der Waals surface area contributed by atoms with Crippen LogP contribution in [0.3, 0.4) is 0 Å². The fourth-order valence-corrected chi connectivity index (χ4v) is 5.27. The number of fused-ring (bicyclic) bond motifs is 5. The second-order valence-electron chi connectivity index (χ2n) is 6.45. The lowest BCUT2D eigenvalue weighted by molar-refractivity contribution is -0.140. The van der Waals surface area contributed by atoms with Crippen LogP contribution in [0.2, 0.25) is 0 Å². The number of nitrogens with zero attached hydrogens (tertiary/aromatic N) is 1. The molecular weight excluding hydrogens is 294 g/mol. The quantitative estimate of drug-likeness (QED) is 0.729. The lowest BCUT2D eigenvalue weighted by Gasteiger charge is -2.32. The standard InChI is InChI=1S/C14H20BrNO2/c15-6-10-7-16(3-4-18-10)14(17)13-11-8-1-2-9(5-8)12(11)13/h8-13H,1-7H2. The Kier molecular flexibility index (Phi) is 2.74. The number of hydrogen-bond donors (Lipinski definition) is 0. The summed E-state index contributed by atoms with van der Waals surface area (Å²) in [7, 11) is 0. The zero-order valence-electron chi connectivity index (χ0n) is 10.6. The van der Waals surface area contributed by atoms with Crippen LogP contribution in [0.15, 0.2) is 0 Å². The minimum Gasteiger partial charge on any atom is -0.374 e. The van der Waals surface area contributed by atoms with Crippen LogP contribution in [-0.2, 0) is 9.53 Å². The van der Waals surface area contributed by atoms with Crippen molar-refractivity contribution in [1.82, 2.24) is 4.90 Å². The molecule has 100 valence electrons. The summed E-state index contributed by atoms with van der Waals surface area (Å²) < 4.78 is 5.62. The highest BCUT2D eigenvalue weighted by atomic mass is 79.9. The molecule has 3 aliphatic carbocycles. The largest absolute Gasteiger partial charge is 0.374 e. The highest BCUT2D eigenvalue weighted by Gasteiger charge is 2.68. The zero-order chi connectivity index (χ0) is 12.3. The van der Waals surface area contributed by atoms with E-state index in [1.807, 2.05) is 0 Å². The van der Waals surface area contributed by atoms with Crippen molar-refractivity contribution in [3.8, 4) is 0 Å². The van der Waals surface area contributed by atoms with Gasteiger partial charge in [0.2, 0.25) is 5.91 Å². The fourth-order valence-electron chi connectivity index (χ4n) is 4.88. The molecule has 5 atom stereocenters. The summed E-state index contributed by atoms with van der Waals surface area (Å²) in [6.07, 6.45) is 4.40. The van der Waals surface area contributed by atoms with Crippen molar-refractivity contribution in [2.45, 2.75) is 25.4 Å². The van der Waals surface area contributed by atoms with Crippen LogP contribution in [0.5, 0.6) is 0 Å². The maximum absolute atomic E-state index is 12.6. The van der Waals surface area contributed by atoms with E-state index in [9.17, 15) is 4.79 Å². The van der Waals surface area contributed by atoms with Gasteiger partial charge in [-0.15, -0.1) is 0 Å². The first kappa shape index (κ1) is 11.7. The maximum Gasteiger partial charge on any atom is 0.226 e. The maximum atomic E-state index is 12.6. The van der Waals surface area contributed by atoms with Gasteiger partial charge in [0.15, 0.2) is 0 Å². The summed E-state index contributed by atoms with van der Waals surface area (Å²) >= 11 is 3.45. The Labute approximate surface area is 116 Å². The molecule has 1 amide bonds. The number of hydrogen-bond acceptors (Lipinski definition) is 2. The van der Waals surface area contributed by atoms with E-state index < -0.39 is 0 Å². The third-order valence-corrected chi connectivity index (χ3v) is 6.37. The average Bonchev–Trinajstić information content (AvgIpc) is 2.85. The van der Waals surface area contributed by atoms with Crippen LogP contribution in [-0.4, -0.2) is 41.9 Å². The van der Waals surface area contributed by atoms with Crippen molar-refractivity contribution in [2.24, 2.45) is 29.6 Å². The molecule has 1 aliphatic heterocycles. The molecule has 0 N–H and O–H groups in total. The van der Waals surface area contributed by atoms with Crippen molar-refractivity contribution in [2.75, 3.05) is 25.0 Å². The Balaban J connectivity index is 1.42. The first-order valence-electron chi connectivity index (χ1n) is 7.26. The fraction of sp³-hybridized carbons (Fsp3) is 0.929. The molecule has 4 heteroatoms. The molecular formula is C14H20BrNO2. The molecule has 0 aromatic carbocycles. The lowest BCUT2D eigenvalue weighted by atomic mass is 10.0. The van der Waals surface area contributed by atoms with Crippen molar-refractivity contribution in [3.05, 3.63) is 0 Å². The number of morpholine rings is 1. The summed E-state index contributed by atoms with van der Waals surface area (Å²) in [6, 6.07) is 0. The van der Waals surface area contributed by atoms with Gasteiger partial charge in [-0.3, -0.25) is 4.79 Å². The van der Waals surface area contributed by atoms with E-state index in [1.54, 1.807) is 0 Å². The van der Waals surface area contributed by atoms with E-state index in [-0.39, 0.29) is 6.10 Å². The molecule has 0 spiro atoms. The van der Waals surface area contributed by atoms with Gasteiger partial charge in [0.1, 0.15) is 0 Å². The highest BCUT2D eigenvalue weighted by molar-refractivity contribution is 9.09. The monoisotopic (exact) mass is 313 g/mol. The Morgan fingerprint density at radius 1 is 1.28 bits per heavy atom. The van der Waals surface area contributed by atoms with Gasteiger partial charge in [-0.1, -0.05) is 15.9 Å². The van der Waals surface area contributed by atoms with Gasteiger partial charge in [-0.05, 0) is 42.9 Å². The molecule has 1 heterocycles. The third-order valence-electron chi connectivity index (χ3n) is 5.64. The molecule has 3 saturated carbocycles. The second-order valence-corrected chi connectivity index (χ2v) is 7.09. The van der Waals surface area contributed by atoms with Gasteiger partial charge in [-0.25, -0.2) is 0 Å². The van der Waals surface area contributed by atoms with Gasteiger partial charge < -0.3 is 9.64 Å². The van der Waals surface area contributed by atoms with Gasteiger partial charge >= 0.3 is 0 Å². The van der Waals surface area contributed by atoms with Gasteiger partial charge in [0, 0.05) is 24.3 Å². The minimum absolute atomic E-state index is 0.193. The van der Waals surface area contributed by atoms with Crippen molar-refractivity contribution >= 4 is 21.8 Å². The van der Waals surface area contributed by atoms with Crippen molar-refractivity contribution in [1.29, 1.82) is 0 Å². The van der Waals surface area contributed by atoms with Crippen LogP contribution < -0.4 is 0 Å². The topological polar surface area (TPSA) is 29.5 Å². The first-order chi connectivity index (χ1) is 8.79.